The molecule has 0 radical (unpaired) electrons. The maximum absolute atomic E-state index is 12.3. The van der Waals surface area contributed by atoms with E-state index in [1.54, 1.807) is 0 Å². The number of anilines is 1. The van der Waals surface area contributed by atoms with Gasteiger partial charge in [0.05, 0.1) is 0 Å². The molecule has 4 rings (SSSR count). The van der Waals surface area contributed by atoms with E-state index in [1.807, 2.05) is 0 Å². The lowest BCUT2D eigenvalue weighted by Gasteiger charge is -2.37. The van der Waals surface area contributed by atoms with Gasteiger partial charge < -0.3 is 10.2 Å². The molecule has 1 aromatic carbocycles. The van der Waals surface area contributed by atoms with E-state index in [4.69, 9.17) is 0 Å². The molecule has 1 amide bonds. The van der Waals surface area contributed by atoms with Crippen LogP contribution in [-0.4, -0.2) is 49.6 Å². The summed E-state index contributed by atoms with van der Waals surface area (Å²) >= 11 is 0. The van der Waals surface area contributed by atoms with Gasteiger partial charge in [0.2, 0.25) is 5.91 Å². The minimum Gasteiger partial charge on any atom is -0.369 e. The van der Waals surface area contributed by atoms with Gasteiger partial charge in [0.15, 0.2) is 0 Å². The van der Waals surface area contributed by atoms with E-state index >= 15 is 0 Å². The van der Waals surface area contributed by atoms with E-state index in [-0.39, 0.29) is 11.8 Å². The van der Waals surface area contributed by atoms with Crippen molar-refractivity contribution in [3.8, 4) is 0 Å². The van der Waals surface area contributed by atoms with Crippen molar-refractivity contribution in [2.24, 2.45) is 11.8 Å². The van der Waals surface area contributed by atoms with Crippen LogP contribution in [0.15, 0.2) is 36.4 Å². The Bertz CT molecular complexity index is 692. The average Bonchev–Trinajstić information content (AvgIpc) is 3.29. The molecule has 1 N–H and O–H groups in total. The largest absolute Gasteiger partial charge is 0.369 e. The Morgan fingerprint density at radius 2 is 1.76 bits per heavy atom. The van der Waals surface area contributed by atoms with E-state index in [1.165, 1.54) is 50.1 Å². The highest BCUT2D eigenvalue weighted by Gasteiger charge is 2.26. The molecule has 1 aromatic rings. The Kier molecular flexibility index (Phi) is 6.91. The average molecular weight is 396 g/mol. The number of hydrogen-bond donors (Lipinski definition) is 1. The van der Waals surface area contributed by atoms with Gasteiger partial charge in [0.1, 0.15) is 0 Å². The zero-order chi connectivity index (χ0) is 20.1. The van der Waals surface area contributed by atoms with E-state index < -0.39 is 0 Å². The SMILES string of the molecule is Cc1cccc(N2CCN(CCC3CCC(NC(=O)C4CC=CC4)CC3)CC2)c1. The zero-order valence-electron chi connectivity index (χ0n) is 18.0. The van der Waals surface area contributed by atoms with Gasteiger partial charge in [0, 0.05) is 43.8 Å². The van der Waals surface area contributed by atoms with Crippen LogP contribution in [0.3, 0.4) is 0 Å². The molecule has 0 bridgehead atoms. The maximum atomic E-state index is 12.3. The molecule has 4 nitrogen and oxygen atoms in total. The lowest BCUT2D eigenvalue weighted by molar-refractivity contribution is -0.125. The Hall–Kier alpha value is -1.81. The summed E-state index contributed by atoms with van der Waals surface area (Å²) in [5, 5.41) is 3.32. The van der Waals surface area contributed by atoms with Crippen molar-refractivity contribution in [3.05, 3.63) is 42.0 Å². The second-order valence-corrected chi connectivity index (χ2v) is 9.32. The summed E-state index contributed by atoms with van der Waals surface area (Å²) in [4.78, 5) is 17.5. The fourth-order valence-electron chi connectivity index (χ4n) is 5.17. The molecule has 0 unspecified atom stereocenters. The Morgan fingerprint density at radius 1 is 1.03 bits per heavy atom. The van der Waals surface area contributed by atoms with Crippen molar-refractivity contribution >= 4 is 11.6 Å². The first-order valence-corrected chi connectivity index (χ1v) is 11.7. The molecule has 2 aliphatic carbocycles. The first-order valence-electron chi connectivity index (χ1n) is 11.7. The van der Waals surface area contributed by atoms with Crippen LogP contribution in [0.4, 0.5) is 5.69 Å². The standard InChI is InChI=1S/C25H37N3O/c1-20-5-4-8-24(19-20)28-17-15-27(16-18-28)14-13-21-9-11-23(12-10-21)26-25(29)22-6-2-3-7-22/h2-5,8,19,21-23H,6-7,9-18H2,1H3,(H,26,29). The number of nitrogens with one attached hydrogen (secondary N) is 1. The number of amides is 1. The predicted molar refractivity (Wildman–Crippen MR) is 120 cm³/mol. The molecule has 0 spiro atoms. The van der Waals surface area contributed by atoms with Crippen LogP contribution in [0, 0.1) is 18.8 Å². The van der Waals surface area contributed by atoms with E-state index in [0.29, 0.717) is 6.04 Å². The van der Waals surface area contributed by atoms with Crippen LogP contribution >= 0.6 is 0 Å². The molecule has 29 heavy (non-hydrogen) atoms. The molecule has 4 heteroatoms. The number of carbonyl (C=O) groups excluding carboxylic acids is 1. The third-order valence-electron chi connectivity index (χ3n) is 7.16. The fraction of sp³-hybridized carbons (Fsp3) is 0.640. The summed E-state index contributed by atoms with van der Waals surface area (Å²) < 4.78 is 0. The monoisotopic (exact) mass is 395 g/mol. The third kappa shape index (κ3) is 5.63. The first kappa shape index (κ1) is 20.5. The number of benzene rings is 1. The second kappa shape index (κ2) is 9.80. The normalized spacial score (nSPS) is 26.0. The third-order valence-corrected chi connectivity index (χ3v) is 7.16. The molecule has 0 aromatic heterocycles. The number of aryl methyl sites for hydroxylation is 1. The van der Waals surface area contributed by atoms with Gasteiger partial charge >= 0.3 is 0 Å². The highest BCUT2D eigenvalue weighted by atomic mass is 16.1. The van der Waals surface area contributed by atoms with Crippen molar-refractivity contribution in [3.63, 3.8) is 0 Å². The zero-order valence-corrected chi connectivity index (χ0v) is 18.0. The summed E-state index contributed by atoms with van der Waals surface area (Å²) in [5.74, 6) is 1.32. The number of piperazine rings is 1. The molecular weight excluding hydrogens is 358 g/mol. The molecular formula is C25H37N3O. The van der Waals surface area contributed by atoms with Gasteiger partial charge in [-0.3, -0.25) is 9.69 Å². The van der Waals surface area contributed by atoms with Gasteiger partial charge in [-0.25, -0.2) is 0 Å². The van der Waals surface area contributed by atoms with Crippen molar-refractivity contribution in [2.45, 2.75) is 57.9 Å². The maximum Gasteiger partial charge on any atom is 0.223 e. The number of nitrogens with zero attached hydrogens (tertiary/aromatic N) is 2. The van der Waals surface area contributed by atoms with Crippen LogP contribution in [0.2, 0.25) is 0 Å². The number of hydrogen-bond acceptors (Lipinski definition) is 3. The van der Waals surface area contributed by atoms with Gasteiger partial charge in [0.25, 0.3) is 0 Å². The van der Waals surface area contributed by atoms with Gasteiger partial charge in [-0.15, -0.1) is 0 Å². The van der Waals surface area contributed by atoms with Crippen molar-refractivity contribution in [1.82, 2.24) is 10.2 Å². The molecule has 0 atom stereocenters. The first-order chi connectivity index (χ1) is 14.2. The topological polar surface area (TPSA) is 35.6 Å². The minimum atomic E-state index is 0.200. The summed E-state index contributed by atoms with van der Waals surface area (Å²) in [7, 11) is 0. The van der Waals surface area contributed by atoms with Crippen LogP contribution in [0.25, 0.3) is 0 Å². The quantitative estimate of drug-likeness (QED) is 0.735. The Balaban J connectivity index is 1.12. The van der Waals surface area contributed by atoms with Crippen LogP contribution < -0.4 is 10.2 Å². The van der Waals surface area contributed by atoms with Crippen molar-refractivity contribution < 1.29 is 4.79 Å². The lowest BCUT2D eigenvalue weighted by atomic mass is 9.83. The Morgan fingerprint density at radius 3 is 2.45 bits per heavy atom. The molecule has 158 valence electrons. The fourth-order valence-corrected chi connectivity index (χ4v) is 5.17. The summed E-state index contributed by atoms with van der Waals surface area (Å²) in [6.45, 7) is 8.03. The molecule has 1 aliphatic heterocycles. The number of carbonyl (C=O) groups is 1. The number of allylic oxidation sites excluding steroid dienone is 2. The highest BCUT2D eigenvalue weighted by molar-refractivity contribution is 5.79. The predicted octanol–water partition coefficient (Wildman–Crippen LogP) is 4.15. The van der Waals surface area contributed by atoms with Gasteiger partial charge in [-0.1, -0.05) is 24.3 Å². The molecule has 1 heterocycles. The molecule has 1 saturated carbocycles. The summed E-state index contributed by atoms with van der Waals surface area (Å²) in [6, 6.07) is 9.29. The second-order valence-electron chi connectivity index (χ2n) is 9.32. The van der Waals surface area contributed by atoms with E-state index in [9.17, 15) is 4.79 Å². The molecule has 3 aliphatic rings. The van der Waals surface area contributed by atoms with Gasteiger partial charge in [-0.2, -0.15) is 0 Å². The number of rotatable bonds is 6. The van der Waals surface area contributed by atoms with E-state index in [2.05, 4.69) is 58.5 Å². The summed E-state index contributed by atoms with van der Waals surface area (Å²) in [6.07, 6.45) is 12.3. The molecule has 1 saturated heterocycles. The Labute approximate surface area is 176 Å². The lowest BCUT2D eigenvalue weighted by Crippen LogP contribution is -2.47. The smallest absolute Gasteiger partial charge is 0.223 e. The van der Waals surface area contributed by atoms with Crippen LogP contribution in [0.5, 0.6) is 0 Å². The van der Waals surface area contributed by atoms with Crippen LogP contribution in [0.1, 0.15) is 50.5 Å². The molecule has 2 fully saturated rings. The minimum absolute atomic E-state index is 0.200. The van der Waals surface area contributed by atoms with Crippen LogP contribution in [-0.2, 0) is 4.79 Å². The summed E-state index contributed by atoms with van der Waals surface area (Å²) in [5.41, 5.74) is 2.72. The highest BCUT2D eigenvalue weighted by Crippen LogP contribution is 2.28. The van der Waals surface area contributed by atoms with Crippen molar-refractivity contribution in [1.29, 1.82) is 0 Å². The van der Waals surface area contributed by atoms with Gasteiger partial charge in [-0.05, 0) is 82.0 Å². The van der Waals surface area contributed by atoms with Crippen molar-refractivity contribution in [2.75, 3.05) is 37.6 Å². The van der Waals surface area contributed by atoms with E-state index in [0.717, 1.165) is 44.7 Å².